The summed E-state index contributed by atoms with van der Waals surface area (Å²) < 4.78 is 10.3. The Balaban J connectivity index is 2.04. The van der Waals surface area contributed by atoms with E-state index in [9.17, 15) is 4.79 Å². The molecule has 0 bridgehead atoms. The van der Waals surface area contributed by atoms with E-state index in [4.69, 9.17) is 21.1 Å². The van der Waals surface area contributed by atoms with Crippen molar-refractivity contribution >= 4 is 28.9 Å². The average Bonchev–Trinajstić information content (AvgIpc) is 2.55. The van der Waals surface area contributed by atoms with E-state index in [1.54, 1.807) is 39.3 Å². The molecule has 0 saturated carbocycles. The van der Waals surface area contributed by atoms with Crippen LogP contribution in [0.15, 0.2) is 42.5 Å². The van der Waals surface area contributed by atoms with Gasteiger partial charge in [0, 0.05) is 5.69 Å². The van der Waals surface area contributed by atoms with Gasteiger partial charge in [-0.3, -0.25) is 4.79 Å². The predicted molar refractivity (Wildman–Crippen MR) is 92.7 cm³/mol. The normalized spacial score (nSPS) is 11.5. The Morgan fingerprint density at radius 2 is 1.78 bits per heavy atom. The summed E-state index contributed by atoms with van der Waals surface area (Å²) in [5.74, 6) is 1.06. The smallest absolute Gasteiger partial charge is 0.246 e. The minimum absolute atomic E-state index is 0.183. The maximum atomic E-state index is 12.3. The Bertz CT molecular complexity index is 691. The molecule has 1 amide bonds. The van der Waals surface area contributed by atoms with Crippen molar-refractivity contribution in [2.45, 2.75) is 13.0 Å². The van der Waals surface area contributed by atoms with Crippen molar-refractivity contribution in [2.75, 3.05) is 24.9 Å². The molecule has 2 rings (SSSR count). The van der Waals surface area contributed by atoms with Crippen LogP contribution in [0.3, 0.4) is 0 Å². The first kappa shape index (κ1) is 17.0. The highest BCUT2D eigenvalue weighted by Crippen LogP contribution is 2.27. The van der Waals surface area contributed by atoms with Crippen LogP contribution in [0.2, 0.25) is 5.02 Å². The molecule has 0 aliphatic rings. The van der Waals surface area contributed by atoms with Gasteiger partial charge in [-0.05, 0) is 37.3 Å². The SMILES string of the molecule is COc1ccc(NC(=O)[C@@H](C)Nc2ccccc2OC)cc1Cl. The minimum Gasteiger partial charge on any atom is -0.495 e. The van der Waals surface area contributed by atoms with E-state index in [1.165, 1.54) is 0 Å². The summed E-state index contributed by atoms with van der Waals surface area (Å²) >= 11 is 6.05. The monoisotopic (exact) mass is 334 g/mol. The molecule has 0 fully saturated rings. The summed E-state index contributed by atoms with van der Waals surface area (Å²) in [7, 11) is 3.13. The maximum absolute atomic E-state index is 12.3. The van der Waals surface area contributed by atoms with Gasteiger partial charge < -0.3 is 20.1 Å². The summed E-state index contributed by atoms with van der Waals surface area (Å²) in [5, 5.41) is 6.37. The highest BCUT2D eigenvalue weighted by Gasteiger charge is 2.15. The zero-order chi connectivity index (χ0) is 16.8. The number of rotatable bonds is 6. The third-order valence-corrected chi connectivity index (χ3v) is 3.59. The van der Waals surface area contributed by atoms with Gasteiger partial charge >= 0.3 is 0 Å². The Labute approximate surface area is 140 Å². The van der Waals surface area contributed by atoms with E-state index in [0.29, 0.717) is 22.2 Å². The van der Waals surface area contributed by atoms with Gasteiger partial charge in [-0.1, -0.05) is 23.7 Å². The van der Waals surface area contributed by atoms with Crippen LogP contribution in [-0.4, -0.2) is 26.2 Å². The van der Waals surface area contributed by atoms with E-state index in [-0.39, 0.29) is 5.91 Å². The fourth-order valence-electron chi connectivity index (χ4n) is 2.06. The van der Waals surface area contributed by atoms with Gasteiger partial charge in [0.25, 0.3) is 0 Å². The first-order valence-electron chi connectivity index (χ1n) is 7.09. The van der Waals surface area contributed by atoms with Gasteiger partial charge in [0.1, 0.15) is 17.5 Å². The van der Waals surface area contributed by atoms with Gasteiger partial charge in [-0.25, -0.2) is 0 Å². The number of ether oxygens (including phenoxy) is 2. The van der Waals surface area contributed by atoms with Crippen LogP contribution < -0.4 is 20.1 Å². The zero-order valence-electron chi connectivity index (χ0n) is 13.2. The number of carbonyl (C=O) groups excluding carboxylic acids is 1. The molecule has 122 valence electrons. The van der Waals surface area contributed by atoms with Gasteiger partial charge in [-0.2, -0.15) is 0 Å². The molecule has 1 atom stereocenters. The Morgan fingerprint density at radius 3 is 2.43 bits per heavy atom. The van der Waals surface area contributed by atoms with Gasteiger partial charge in [0.2, 0.25) is 5.91 Å². The Hall–Kier alpha value is -2.40. The van der Waals surface area contributed by atoms with Gasteiger partial charge in [0.15, 0.2) is 0 Å². The number of hydrogen-bond acceptors (Lipinski definition) is 4. The fraction of sp³-hybridized carbons (Fsp3) is 0.235. The van der Waals surface area contributed by atoms with E-state index < -0.39 is 6.04 Å². The van der Waals surface area contributed by atoms with Crippen LogP contribution in [0.5, 0.6) is 11.5 Å². The number of para-hydroxylation sites is 2. The molecule has 0 radical (unpaired) electrons. The lowest BCUT2D eigenvalue weighted by Gasteiger charge is -2.17. The summed E-state index contributed by atoms with van der Waals surface area (Å²) in [6.45, 7) is 1.77. The molecule has 0 aliphatic heterocycles. The quantitative estimate of drug-likeness (QED) is 0.843. The van der Waals surface area contributed by atoms with Crippen molar-refractivity contribution < 1.29 is 14.3 Å². The number of methoxy groups -OCH3 is 2. The summed E-state index contributed by atoms with van der Waals surface area (Å²) in [5.41, 5.74) is 1.36. The average molecular weight is 335 g/mol. The molecule has 2 N–H and O–H groups in total. The largest absolute Gasteiger partial charge is 0.495 e. The van der Waals surface area contributed by atoms with Crippen molar-refractivity contribution in [1.82, 2.24) is 0 Å². The standard InChI is InChI=1S/C17H19ClN2O3/c1-11(19-14-6-4-5-7-16(14)23-3)17(21)20-12-8-9-15(22-2)13(18)10-12/h4-11,19H,1-3H3,(H,20,21)/t11-/m1/s1. The van der Waals surface area contributed by atoms with Crippen molar-refractivity contribution in [1.29, 1.82) is 0 Å². The number of benzene rings is 2. The third kappa shape index (κ3) is 4.29. The lowest BCUT2D eigenvalue weighted by Crippen LogP contribution is -2.32. The summed E-state index contributed by atoms with van der Waals surface area (Å²) in [6, 6.07) is 12.1. The molecule has 5 nitrogen and oxygen atoms in total. The topological polar surface area (TPSA) is 59.6 Å². The van der Waals surface area contributed by atoms with Crippen LogP contribution >= 0.6 is 11.6 Å². The zero-order valence-corrected chi connectivity index (χ0v) is 14.0. The number of carbonyl (C=O) groups is 1. The molecule has 0 heterocycles. The third-order valence-electron chi connectivity index (χ3n) is 3.29. The van der Waals surface area contributed by atoms with Gasteiger partial charge in [-0.15, -0.1) is 0 Å². The van der Waals surface area contributed by atoms with Gasteiger partial charge in [0.05, 0.1) is 24.9 Å². The predicted octanol–water partition coefficient (Wildman–Crippen LogP) is 3.80. The highest BCUT2D eigenvalue weighted by atomic mass is 35.5. The molecular formula is C17H19ClN2O3. The number of hydrogen-bond donors (Lipinski definition) is 2. The van der Waals surface area contributed by atoms with Crippen LogP contribution in [0, 0.1) is 0 Å². The van der Waals surface area contributed by atoms with Crippen LogP contribution in [0.4, 0.5) is 11.4 Å². The van der Waals surface area contributed by atoms with Crippen LogP contribution in [0.25, 0.3) is 0 Å². The van der Waals surface area contributed by atoms with E-state index in [1.807, 2.05) is 24.3 Å². The van der Waals surface area contributed by atoms with Crippen LogP contribution in [-0.2, 0) is 4.79 Å². The minimum atomic E-state index is -0.452. The molecule has 23 heavy (non-hydrogen) atoms. The van der Waals surface area contributed by atoms with E-state index >= 15 is 0 Å². The molecule has 0 aliphatic carbocycles. The molecule has 2 aromatic rings. The molecule has 2 aromatic carbocycles. The molecule has 0 aromatic heterocycles. The lowest BCUT2D eigenvalue weighted by molar-refractivity contribution is -0.116. The van der Waals surface area contributed by atoms with Crippen LogP contribution in [0.1, 0.15) is 6.92 Å². The number of halogens is 1. The number of amides is 1. The van der Waals surface area contributed by atoms with Crippen molar-refractivity contribution in [2.24, 2.45) is 0 Å². The second-order valence-corrected chi connectivity index (χ2v) is 5.31. The summed E-state index contributed by atoms with van der Waals surface area (Å²) in [6.07, 6.45) is 0. The molecular weight excluding hydrogens is 316 g/mol. The number of anilines is 2. The molecule has 0 unspecified atom stereocenters. The highest BCUT2D eigenvalue weighted by molar-refractivity contribution is 6.32. The van der Waals surface area contributed by atoms with Crippen molar-refractivity contribution in [3.8, 4) is 11.5 Å². The number of nitrogens with one attached hydrogen (secondary N) is 2. The van der Waals surface area contributed by atoms with E-state index in [2.05, 4.69) is 10.6 Å². The second-order valence-electron chi connectivity index (χ2n) is 4.90. The first-order chi connectivity index (χ1) is 11.0. The van der Waals surface area contributed by atoms with E-state index in [0.717, 1.165) is 5.69 Å². The first-order valence-corrected chi connectivity index (χ1v) is 7.47. The van der Waals surface area contributed by atoms with Crippen molar-refractivity contribution in [3.05, 3.63) is 47.5 Å². The fourth-order valence-corrected chi connectivity index (χ4v) is 2.32. The summed E-state index contributed by atoms with van der Waals surface area (Å²) in [4.78, 5) is 12.3. The maximum Gasteiger partial charge on any atom is 0.246 e. The second kappa shape index (κ2) is 7.74. The Morgan fingerprint density at radius 1 is 1.09 bits per heavy atom. The van der Waals surface area contributed by atoms with Crippen molar-refractivity contribution in [3.63, 3.8) is 0 Å². The molecule has 6 heteroatoms. The Kier molecular flexibility index (Phi) is 5.71. The lowest BCUT2D eigenvalue weighted by atomic mass is 10.2. The molecule has 0 spiro atoms. The molecule has 0 saturated heterocycles.